The van der Waals surface area contributed by atoms with E-state index in [9.17, 15) is 0 Å². The van der Waals surface area contributed by atoms with Gasteiger partial charge in [-0.3, -0.25) is 4.98 Å². The molecule has 2 heterocycles. The molecular formula is C16H15ClN4S. The van der Waals surface area contributed by atoms with Crippen LogP contribution in [0, 0.1) is 6.92 Å². The molecule has 0 amide bonds. The van der Waals surface area contributed by atoms with E-state index in [-0.39, 0.29) is 0 Å². The van der Waals surface area contributed by atoms with Crippen LogP contribution in [0.5, 0.6) is 0 Å². The molecule has 6 heteroatoms. The first kappa shape index (κ1) is 14.9. The first-order valence-corrected chi connectivity index (χ1v) is 8.11. The van der Waals surface area contributed by atoms with Gasteiger partial charge in [0.05, 0.1) is 12.2 Å². The Bertz CT molecular complexity index is 738. The summed E-state index contributed by atoms with van der Waals surface area (Å²) in [5.74, 6) is 0. The van der Waals surface area contributed by atoms with Crippen molar-refractivity contribution >= 4 is 28.1 Å². The highest BCUT2D eigenvalue weighted by molar-refractivity contribution is 7.15. The fourth-order valence-corrected chi connectivity index (χ4v) is 2.84. The van der Waals surface area contributed by atoms with Crippen molar-refractivity contribution < 1.29 is 0 Å². The Kier molecular flexibility index (Phi) is 4.65. The second kappa shape index (κ2) is 6.85. The van der Waals surface area contributed by atoms with Gasteiger partial charge in [-0.1, -0.05) is 41.1 Å². The molecule has 4 nitrogen and oxygen atoms in total. The normalized spacial score (nSPS) is 10.6. The maximum absolute atomic E-state index is 5.89. The maximum Gasteiger partial charge on any atom is 0.206 e. The number of halogens is 1. The minimum absolute atomic E-state index is 0.649. The molecule has 0 fully saturated rings. The predicted octanol–water partition coefficient (Wildman–Crippen LogP) is 4.10. The van der Waals surface area contributed by atoms with Crippen molar-refractivity contribution in [3.8, 4) is 0 Å². The number of aryl methyl sites for hydroxylation is 1. The van der Waals surface area contributed by atoms with Crippen LogP contribution in [0.1, 0.15) is 21.8 Å². The lowest BCUT2D eigenvalue weighted by molar-refractivity contribution is 0.978. The molecule has 1 N–H and O–H groups in total. The van der Waals surface area contributed by atoms with Crippen LogP contribution in [0.25, 0.3) is 0 Å². The molecule has 0 unspecified atom stereocenters. The third kappa shape index (κ3) is 4.02. The van der Waals surface area contributed by atoms with Crippen molar-refractivity contribution in [1.82, 2.24) is 15.2 Å². The topological polar surface area (TPSA) is 50.7 Å². The van der Waals surface area contributed by atoms with E-state index in [0.717, 1.165) is 32.8 Å². The van der Waals surface area contributed by atoms with Gasteiger partial charge in [-0.15, -0.1) is 10.2 Å². The zero-order valence-corrected chi connectivity index (χ0v) is 13.7. The first-order chi connectivity index (χ1) is 10.7. The molecule has 0 saturated carbocycles. The van der Waals surface area contributed by atoms with E-state index in [1.54, 1.807) is 11.3 Å². The molecule has 0 aliphatic rings. The highest BCUT2D eigenvalue weighted by Gasteiger charge is 2.05. The quantitative estimate of drug-likeness (QED) is 0.765. The van der Waals surface area contributed by atoms with Gasteiger partial charge in [-0.2, -0.15) is 0 Å². The molecule has 1 aromatic carbocycles. The molecule has 3 rings (SSSR count). The van der Waals surface area contributed by atoms with Crippen molar-refractivity contribution in [1.29, 1.82) is 0 Å². The van der Waals surface area contributed by atoms with Crippen LogP contribution in [0.15, 0.2) is 42.6 Å². The summed E-state index contributed by atoms with van der Waals surface area (Å²) in [6, 6.07) is 11.9. The Balaban J connectivity index is 1.59. The number of rotatable bonds is 5. The summed E-state index contributed by atoms with van der Waals surface area (Å²) in [6.07, 6.45) is 2.63. The molecular weight excluding hydrogens is 316 g/mol. The van der Waals surface area contributed by atoms with E-state index in [1.165, 1.54) is 5.56 Å². The van der Waals surface area contributed by atoms with Crippen LogP contribution in [0.2, 0.25) is 5.02 Å². The van der Waals surface area contributed by atoms with E-state index in [2.05, 4.69) is 26.6 Å². The van der Waals surface area contributed by atoms with Crippen LogP contribution >= 0.6 is 22.9 Å². The minimum atomic E-state index is 0.649. The molecule has 0 bridgehead atoms. The van der Waals surface area contributed by atoms with Crippen LogP contribution in [0.4, 0.5) is 5.13 Å². The third-order valence-corrected chi connectivity index (χ3v) is 4.26. The SMILES string of the molecule is Cc1ccc(CNc2nnc(Cc3ccc(Cl)cc3)s2)nc1. The summed E-state index contributed by atoms with van der Waals surface area (Å²) in [7, 11) is 0. The van der Waals surface area contributed by atoms with Gasteiger partial charge < -0.3 is 5.32 Å². The van der Waals surface area contributed by atoms with Gasteiger partial charge in [0, 0.05) is 17.6 Å². The number of hydrogen-bond donors (Lipinski definition) is 1. The Hall–Kier alpha value is -1.98. The smallest absolute Gasteiger partial charge is 0.206 e. The lowest BCUT2D eigenvalue weighted by Gasteiger charge is -2.01. The standard InChI is InChI=1S/C16H15ClN4S/c1-11-2-7-14(18-9-11)10-19-16-21-20-15(22-16)8-12-3-5-13(17)6-4-12/h2-7,9H,8,10H2,1H3,(H,19,21). The molecule has 0 atom stereocenters. The fraction of sp³-hybridized carbons (Fsp3) is 0.188. The van der Waals surface area contributed by atoms with Gasteiger partial charge >= 0.3 is 0 Å². The Labute approximate surface area is 138 Å². The van der Waals surface area contributed by atoms with Gasteiger partial charge in [0.15, 0.2) is 0 Å². The average Bonchev–Trinajstić information content (AvgIpc) is 2.97. The lowest BCUT2D eigenvalue weighted by atomic mass is 10.2. The maximum atomic E-state index is 5.89. The summed E-state index contributed by atoms with van der Waals surface area (Å²) in [5.41, 5.74) is 3.32. The summed E-state index contributed by atoms with van der Waals surface area (Å²) in [6.45, 7) is 2.67. The Morgan fingerprint density at radius 1 is 1.09 bits per heavy atom. The molecule has 3 aromatic rings. The summed E-state index contributed by atoms with van der Waals surface area (Å²) in [4.78, 5) is 4.36. The number of aromatic nitrogens is 3. The number of hydrogen-bond acceptors (Lipinski definition) is 5. The molecule has 0 radical (unpaired) electrons. The van der Waals surface area contributed by atoms with Gasteiger partial charge in [0.1, 0.15) is 5.01 Å². The summed E-state index contributed by atoms with van der Waals surface area (Å²) >= 11 is 7.45. The van der Waals surface area contributed by atoms with Gasteiger partial charge in [-0.25, -0.2) is 0 Å². The van der Waals surface area contributed by atoms with Crippen LogP contribution in [0.3, 0.4) is 0 Å². The zero-order chi connectivity index (χ0) is 15.4. The molecule has 2 aromatic heterocycles. The van der Waals surface area contributed by atoms with Crippen LogP contribution in [-0.2, 0) is 13.0 Å². The van der Waals surface area contributed by atoms with E-state index in [1.807, 2.05) is 43.5 Å². The van der Waals surface area contributed by atoms with Gasteiger partial charge in [0.25, 0.3) is 0 Å². The number of anilines is 1. The molecule has 0 aliphatic heterocycles. The van der Waals surface area contributed by atoms with E-state index in [0.29, 0.717) is 6.54 Å². The fourth-order valence-electron chi connectivity index (χ4n) is 1.94. The van der Waals surface area contributed by atoms with Crippen molar-refractivity contribution in [2.45, 2.75) is 19.9 Å². The monoisotopic (exact) mass is 330 g/mol. The number of nitrogens with zero attached hydrogens (tertiary/aromatic N) is 3. The largest absolute Gasteiger partial charge is 0.354 e. The van der Waals surface area contributed by atoms with E-state index in [4.69, 9.17) is 11.6 Å². The summed E-state index contributed by atoms with van der Waals surface area (Å²) < 4.78 is 0. The lowest BCUT2D eigenvalue weighted by Crippen LogP contribution is -2.01. The molecule has 0 spiro atoms. The highest BCUT2D eigenvalue weighted by atomic mass is 35.5. The van der Waals surface area contributed by atoms with Crippen molar-refractivity contribution in [2.24, 2.45) is 0 Å². The molecule has 112 valence electrons. The van der Waals surface area contributed by atoms with E-state index < -0.39 is 0 Å². The van der Waals surface area contributed by atoms with Crippen molar-refractivity contribution in [3.63, 3.8) is 0 Å². The Morgan fingerprint density at radius 3 is 2.64 bits per heavy atom. The zero-order valence-electron chi connectivity index (χ0n) is 12.1. The molecule has 0 saturated heterocycles. The molecule has 0 aliphatic carbocycles. The van der Waals surface area contributed by atoms with Crippen molar-refractivity contribution in [2.75, 3.05) is 5.32 Å². The number of pyridine rings is 1. The highest BCUT2D eigenvalue weighted by Crippen LogP contribution is 2.20. The minimum Gasteiger partial charge on any atom is -0.354 e. The van der Waals surface area contributed by atoms with Crippen LogP contribution in [-0.4, -0.2) is 15.2 Å². The predicted molar refractivity (Wildman–Crippen MR) is 90.5 cm³/mol. The second-order valence-electron chi connectivity index (χ2n) is 4.98. The second-order valence-corrected chi connectivity index (χ2v) is 6.48. The third-order valence-electron chi connectivity index (χ3n) is 3.13. The molecule has 22 heavy (non-hydrogen) atoms. The van der Waals surface area contributed by atoms with Gasteiger partial charge in [0.2, 0.25) is 5.13 Å². The first-order valence-electron chi connectivity index (χ1n) is 6.91. The van der Waals surface area contributed by atoms with Gasteiger partial charge in [-0.05, 0) is 36.2 Å². The summed E-state index contributed by atoms with van der Waals surface area (Å²) in [5, 5.41) is 14.2. The average molecular weight is 331 g/mol. The Morgan fingerprint density at radius 2 is 1.91 bits per heavy atom. The number of nitrogens with one attached hydrogen (secondary N) is 1. The van der Waals surface area contributed by atoms with E-state index >= 15 is 0 Å². The van der Waals surface area contributed by atoms with Crippen LogP contribution < -0.4 is 5.32 Å². The number of benzene rings is 1. The van der Waals surface area contributed by atoms with Crippen molar-refractivity contribution in [3.05, 3.63) is 69.4 Å².